The maximum absolute atomic E-state index is 14.4. The molecule has 0 spiro atoms. The Morgan fingerprint density at radius 2 is 1.61 bits per heavy atom. The predicted octanol–water partition coefficient (Wildman–Crippen LogP) is 4.90. The highest BCUT2D eigenvalue weighted by Gasteiger charge is 2.30. The van der Waals surface area contributed by atoms with E-state index in [0.717, 1.165) is 17.8 Å². The second-order valence-electron chi connectivity index (χ2n) is 7.45. The summed E-state index contributed by atoms with van der Waals surface area (Å²) >= 11 is 11.9. The Labute approximate surface area is 201 Å². The highest BCUT2D eigenvalue weighted by atomic mass is 35.5. The van der Waals surface area contributed by atoms with Gasteiger partial charge in [-0.05, 0) is 48.5 Å². The second-order valence-corrected chi connectivity index (χ2v) is 10.2. The number of nitrogens with zero attached hydrogens (tertiary/aromatic N) is 2. The van der Waals surface area contributed by atoms with E-state index < -0.39 is 27.3 Å². The molecule has 0 saturated carbocycles. The van der Waals surface area contributed by atoms with Gasteiger partial charge in [0.15, 0.2) is 0 Å². The summed E-state index contributed by atoms with van der Waals surface area (Å²) < 4.78 is 42.1. The second kappa shape index (κ2) is 9.69. The molecule has 0 aliphatic carbocycles. The van der Waals surface area contributed by atoms with E-state index in [1.165, 1.54) is 28.6 Å². The fourth-order valence-electron chi connectivity index (χ4n) is 3.59. The minimum atomic E-state index is -3.91. The van der Waals surface area contributed by atoms with Gasteiger partial charge in [0, 0.05) is 36.9 Å². The Hall–Kier alpha value is -2.65. The zero-order valence-corrected chi connectivity index (χ0v) is 19.7. The number of rotatable bonds is 5. The van der Waals surface area contributed by atoms with Crippen molar-refractivity contribution in [2.75, 3.05) is 36.4 Å². The molecule has 1 aliphatic heterocycles. The minimum Gasteiger partial charge on any atom is -0.369 e. The first-order valence-electron chi connectivity index (χ1n) is 10.1. The summed E-state index contributed by atoms with van der Waals surface area (Å²) in [4.78, 5) is 14.6. The lowest BCUT2D eigenvalue weighted by molar-refractivity contribution is 0.102. The van der Waals surface area contributed by atoms with Crippen LogP contribution in [0.3, 0.4) is 0 Å². The van der Waals surface area contributed by atoms with Gasteiger partial charge in [-0.2, -0.15) is 4.31 Å². The standard InChI is InChI=1S/C23H20Cl2FN3O3S/c24-16-6-9-22(20(25)14-16)27-23(30)19-15-18(7-8-21(19)26)33(31,32)29-12-10-28(11-13-29)17-4-2-1-3-5-17/h1-9,14-15H,10-13H2,(H,27,30). The molecule has 0 aromatic heterocycles. The molecule has 0 unspecified atom stereocenters. The molecule has 0 radical (unpaired) electrons. The first-order valence-corrected chi connectivity index (χ1v) is 12.3. The molecular weight excluding hydrogens is 488 g/mol. The summed E-state index contributed by atoms with van der Waals surface area (Å²) in [7, 11) is -3.91. The number of sulfonamides is 1. The Balaban J connectivity index is 1.52. The average molecular weight is 508 g/mol. The van der Waals surface area contributed by atoms with Gasteiger partial charge in [0.05, 0.1) is 21.2 Å². The van der Waals surface area contributed by atoms with Gasteiger partial charge in [-0.1, -0.05) is 41.4 Å². The number of anilines is 2. The highest BCUT2D eigenvalue weighted by molar-refractivity contribution is 7.89. The van der Waals surface area contributed by atoms with E-state index in [2.05, 4.69) is 10.2 Å². The van der Waals surface area contributed by atoms with E-state index in [0.29, 0.717) is 18.1 Å². The molecule has 6 nitrogen and oxygen atoms in total. The third-order valence-corrected chi connectivity index (χ3v) is 7.80. The van der Waals surface area contributed by atoms with Gasteiger partial charge in [0.2, 0.25) is 10.0 Å². The van der Waals surface area contributed by atoms with Gasteiger partial charge in [0.1, 0.15) is 5.82 Å². The lowest BCUT2D eigenvalue weighted by Crippen LogP contribution is -2.48. The molecule has 1 fully saturated rings. The molecule has 3 aromatic carbocycles. The molecule has 3 aromatic rings. The van der Waals surface area contributed by atoms with Crippen LogP contribution in [-0.2, 0) is 10.0 Å². The number of hydrogen-bond acceptors (Lipinski definition) is 4. The number of benzene rings is 3. The zero-order chi connectivity index (χ0) is 23.6. The molecule has 1 amide bonds. The summed E-state index contributed by atoms with van der Waals surface area (Å²) in [6.07, 6.45) is 0. The van der Waals surface area contributed by atoms with Crippen LogP contribution in [0, 0.1) is 5.82 Å². The van der Waals surface area contributed by atoms with Gasteiger partial charge in [-0.3, -0.25) is 4.79 Å². The fraction of sp³-hybridized carbons (Fsp3) is 0.174. The van der Waals surface area contributed by atoms with Crippen LogP contribution < -0.4 is 10.2 Å². The monoisotopic (exact) mass is 507 g/mol. The van der Waals surface area contributed by atoms with E-state index >= 15 is 0 Å². The summed E-state index contributed by atoms with van der Waals surface area (Å²) in [6.45, 7) is 1.59. The zero-order valence-electron chi connectivity index (χ0n) is 17.3. The Morgan fingerprint density at radius 1 is 0.909 bits per heavy atom. The maximum Gasteiger partial charge on any atom is 0.258 e. The van der Waals surface area contributed by atoms with E-state index in [1.54, 1.807) is 0 Å². The number of carbonyl (C=O) groups is 1. The van der Waals surface area contributed by atoms with Crippen molar-refractivity contribution in [2.45, 2.75) is 4.90 Å². The number of hydrogen-bond donors (Lipinski definition) is 1. The largest absolute Gasteiger partial charge is 0.369 e. The maximum atomic E-state index is 14.4. The highest BCUT2D eigenvalue weighted by Crippen LogP contribution is 2.27. The van der Waals surface area contributed by atoms with Crippen LogP contribution in [0.5, 0.6) is 0 Å². The number of amides is 1. The first kappa shape index (κ1) is 23.5. The lowest BCUT2D eigenvalue weighted by Gasteiger charge is -2.35. The normalized spacial score (nSPS) is 14.8. The van der Waals surface area contributed by atoms with Crippen molar-refractivity contribution >= 4 is 50.5 Å². The topological polar surface area (TPSA) is 69.7 Å². The Bertz CT molecular complexity index is 1280. The molecule has 0 atom stereocenters. The lowest BCUT2D eigenvalue weighted by atomic mass is 10.2. The molecule has 1 aliphatic rings. The van der Waals surface area contributed by atoms with Crippen molar-refractivity contribution < 1.29 is 17.6 Å². The first-order chi connectivity index (χ1) is 15.8. The Kier molecular flexibility index (Phi) is 6.90. The van der Waals surface area contributed by atoms with E-state index in [-0.39, 0.29) is 28.7 Å². The van der Waals surface area contributed by atoms with Crippen LogP contribution in [-0.4, -0.2) is 44.8 Å². The van der Waals surface area contributed by atoms with Gasteiger partial charge in [0.25, 0.3) is 5.91 Å². The van der Waals surface area contributed by atoms with Crippen molar-refractivity contribution in [3.05, 3.63) is 88.2 Å². The van der Waals surface area contributed by atoms with Gasteiger partial charge in [-0.15, -0.1) is 0 Å². The number of halogens is 3. The van der Waals surface area contributed by atoms with Gasteiger partial charge >= 0.3 is 0 Å². The quantitative estimate of drug-likeness (QED) is 0.533. The van der Waals surface area contributed by atoms with Crippen molar-refractivity contribution in [1.29, 1.82) is 0 Å². The minimum absolute atomic E-state index is 0.149. The van der Waals surface area contributed by atoms with Gasteiger partial charge in [-0.25, -0.2) is 12.8 Å². The summed E-state index contributed by atoms with van der Waals surface area (Å²) in [6, 6.07) is 17.4. The predicted molar refractivity (Wildman–Crippen MR) is 128 cm³/mol. The Morgan fingerprint density at radius 3 is 2.27 bits per heavy atom. The molecule has 172 valence electrons. The van der Waals surface area contributed by atoms with Crippen LogP contribution in [0.4, 0.5) is 15.8 Å². The molecule has 33 heavy (non-hydrogen) atoms. The molecule has 10 heteroatoms. The van der Waals surface area contributed by atoms with Crippen LogP contribution >= 0.6 is 23.2 Å². The molecule has 0 bridgehead atoms. The smallest absolute Gasteiger partial charge is 0.258 e. The molecule has 1 N–H and O–H groups in total. The number of piperazine rings is 1. The van der Waals surface area contributed by atoms with Gasteiger partial charge < -0.3 is 10.2 Å². The molecular formula is C23H20Cl2FN3O3S. The van der Waals surface area contributed by atoms with Crippen molar-refractivity contribution in [1.82, 2.24) is 4.31 Å². The van der Waals surface area contributed by atoms with Crippen LogP contribution in [0.25, 0.3) is 0 Å². The summed E-state index contributed by atoms with van der Waals surface area (Å²) in [5, 5.41) is 3.05. The third kappa shape index (κ3) is 5.14. The fourth-order valence-corrected chi connectivity index (χ4v) is 5.50. The van der Waals surface area contributed by atoms with E-state index in [4.69, 9.17) is 23.2 Å². The van der Waals surface area contributed by atoms with E-state index in [1.807, 2.05) is 30.3 Å². The van der Waals surface area contributed by atoms with Crippen LogP contribution in [0.1, 0.15) is 10.4 Å². The van der Waals surface area contributed by atoms with Crippen molar-refractivity contribution in [2.24, 2.45) is 0 Å². The van der Waals surface area contributed by atoms with Crippen molar-refractivity contribution in [3.63, 3.8) is 0 Å². The SMILES string of the molecule is O=C(Nc1ccc(Cl)cc1Cl)c1cc(S(=O)(=O)N2CCN(c3ccccc3)CC2)ccc1F. The molecule has 1 heterocycles. The van der Waals surface area contributed by atoms with Crippen LogP contribution in [0.2, 0.25) is 10.0 Å². The average Bonchev–Trinajstić information content (AvgIpc) is 2.81. The summed E-state index contributed by atoms with van der Waals surface area (Å²) in [5.41, 5.74) is 0.858. The molecule has 4 rings (SSSR count). The van der Waals surface area contributed by atoms with Crippen molar-refractivity contribution in [3.8, 4) is 0 Å². The number of para-hydroxylation sites is 1. The van der Waals surface area contributed by atoms with Crippen LogP contribution in [0.15, 0.2) is 71.6 Å². The number of nitrogens with one attached hydrogen (secondary N) is 1. The number of carbonyl (C=O) groups excluding carboxylic acids is 1. The summed E-state index contributed by atoms with van der Waals surface area (Å²) in [5.74, 6) is -1.66. The van der Waals surface area contributed by atoms with E-state index in [9.17, 15) is 17.6 Å². The third-order valence-electron chi connectivity index (χ3n) is 5.36. The molecule has 1 saturated heterocycles.